The van der Waals surface area contributed by atoms with Gasteiger partial charge in [0, 0.05) is 11.5 Å². The van der Waals surface area contributed by atoms with Gasteiger partial charge in [0.1, 0.15) is 22.5 Å². The number of ether oxygens (including phenoxy) is 2. The summed E-state index contributed by atoms with van der Waals surface area (Å²) in [5.41, 5.74) is -0.339. The molecule has 9 nitrogen and oxygen atoms in total. The van der Waals surface area contributed by atoms with Gasteiger partial charge in [-0.3, -0.25) is 0 Å². The van der Waals surface area contributed by atoms with Crippen molar-refractivity contribution in [2.75, 3.05) is 7.11 Å². The fraction of sp³-hybridized carbons (Fsp3) is 0.400. The third-order valence-corrected chi connectivity index (χ3v) is 3.33. The number of carbonyl (C=O) groups is 1. The Labute approximate surface area is 145 Å². The van der Waals surface area contributed by atoms with E-state index in [-0.39, 0.29) is 39.9 Å². The Balaban J connectivity index is 0.00000312. The first kappa shape index (κ1) is 20.7. The van der Waals surface area contributed by atoms with Crippen LogP contribution in [0.1, 0.15) is 36.9 Å². The van der Waals surface area contributed by atoms with Crippen LogP contribution < -0.4 is 15.1 Å². The fourth-order valence-electron chi connectivity index (χ4n) is 2.14. The summed E-state index contributed by atoms with van der Waals surface area (Å²) in [7, 11) is -3.74. The molecule has 2 rings (SSSR count). The SMILES string of the molecule is COc1cc2oc(C)c(C(=O)OC(C)(C)C)c2cc1OS(=O)(=O)[O-].[NH4+]. The molecule has 0 saturated heterocycles. The topological polar surface area (TPSA) is 152 Å². The van der Waals surface area contributed by atoms with Crippen molar-refractivity contribution in [3.63, 3.8) is 0 Å². The highest BCUT2D eigenvalue weighted by Crippen LogP contribution is 2.37. The first-order valence-electron chi connectivity index (χ1n) is 6.91. The maximum Gasteiger partial charge on any atom is 0.342 e. The minimum Gasteiger partial charge on any atom is -0.716 e. The highest BCUT2D eigenvalue weighted by atomic mass is 32.3. The Hall–Kier alpha value is -2.30. The second-order valence-electron chi connectivity index (χ2n) is 6.03. The van der Waals surface area contributed by atoms with Crippen LogP contribution in [0.5, 0.6) is 11.5 Å². The summed E-state index contributed by atoms with van der Waals surface area (Å²) in [4.78, 5) is 12.4. The molecule has 0 aliphatic rings. The Morgan fingerprint density at radius 3 is 2.28 bits per heavy atom. The van der Waals surface area contributed by atoms with Crippen LogP contribution >= 0.6 is 0 Å². The average molecular weight is 375 g/mol. The second-order valence-corrected chi connectivity index (χ2v) is 7.01. The van der Waals surface area contributed by atoms with Gasteiger partial charge in [-0.05, 0) is 33.8 Å². The summed E-state index contributed by atoms with van der Waals surface area (Å²) in [6, 6.07) is 2.52. The van der Waals surface area contributed by atoms with Crippen molar-refractivity contribution in [3.05, 3.63) is 23.5 Å². The molecule has 0 amide bonds. The van der Waals surface area contributed by atoms with E-state index in [9.17, 15) is 17.8 Å². The number of hydrogen-bond acceptors (Lipinski definition) is 8. The van der Waals surface area contributed by atoms with Gasteiger partial charge >= 0.3 is 5.97 Å². The lowest BCUT2D eigenvalue weighted by Gasteiger charge is -2.19. The van der Waals surface area contributed by atoms with Crippen molar-refractivity contribution in [2.24, 2.45) is 0 Å². The van der Waals surface area contributed by atoms with Gasteiger partial charge in [0.25, 0.3) is 10.4 Å². The molecule has 1 aromatic heterocycles. The lowest BCUT2D eigenvalue weighted by Crippen LogP contribution is -2.24. The highest BCUT2D eigenvalue weighted by molar-refractivity contribution is 7.81. The minimum absolute atomic E-state index is 0. The van der Waals surface area contributed by atoms with E-state index in [1.54, 1.807) is 27.7 Å². The maximum absolute atomic E-state index is 12.4. The standard InChI is InChI=1S/C15H18O8S.H3N/c1-8-13(14(16)22-15(2,3)4)9-6-12(23-24(17,18)19)11(20-5)7-10(9)21-8;/h6-7H,1-5H3,(H,17,18,19);1H3. The van der Waals surface area contributed by atoms with Crippen LogP contribution in [0.25, 0.3) is 11.0 Å². The number of quaternary nitrogens is 1. The van der Waals surface area contributed by atoms with Crippen LogP contribution in [-0.4, -0.2) is 31.7 Å². The molecule has 0 spiro atoms. The number of benzene rings is 1. The van der Waals surface area contributed by atoms with E-state index in [1.807, 2.05) is 0 Å². The molecule has 0 unspecified atom stereocenters. The molecule has 25 heavy (non-hydrogen) atoms. The van der Waals surface area contributed by atoms with Gasteiger partial charge in [-0.15, -0.1) is 0 Å². The van der Waals surface area contributed by atoms with Gasteiger partial charge in [0.15, 0.2) is 11.5 Å². The Morgan fingerprint density at radius 1 is 1.20 bits per heavy atom. The molecule has 0 aliphatic heterocycles. The summed E-state index contributed by atoms with van der Waals surface area (Å²) >= 11 is 0. The molecule has 2 aromatic rings. The number of furan rings is 1. The molecule has 0 aliphatic carbocycles. The van der Waals surface area contributed by atoms with E-state index in [0.29, 0.717) is 0 Å². The van der Waals surface area contributed by atoms with E-state index in [2.05, 4.69) is 4.18 Å². The molecule has 0 bridgehead atoms. The van der Waals surface area contributed by atoms with Gasteiger partial charge < -0.3 is 28.8 Å². The lowest BCUT2D eigenvalue weighted by atomic mass is 10.1. The average Bonchev–Trinajstić information content (AvgIpc) is 2.68. The minimum atomic E-state index is -5.01. The number of fused-ring (bicyclic) bond motifs is 1. The number of methoxy groups -OCH3 is 1. The Bertz CT molecular complexity index is 892. The van der Waals surface area contributed by atoms with Crippen molar-refractivity contribution in [2.45, 2.75) is 33.3 Å². The van der Waals surface area contributed by atoms with E-state index in [4.69, 9.17) is 13.9 Å². The van der Waals surface area contributed by atoms with E-state index < -0.39 is 22.0 Å². The van der Waals surface area contributed by atoms with Crippen LogP contribution in [0.3, 0.4) is 0 Å². The molecule has 4 N–H and O–H groups in total. The predicted octanol–water partition coefficient (Wildman–Crippen LogP) is 2.92. The molecular formula is C15H21NO8S. The number of rotatable bonds is 4. The van der Waals surface area contributed by atoms with Crippen LogP contribution in [0.2, 0.25) is 0 Å². The van der Waals surface area contributed by atoms with Crippen molar-refractivity contribution in [3.8, 4) is 11.5 Å². The van der Waals surface area contributed by atoms with Crippen molar-refractivity contribution < 1.29 is 35.8 Å². The van der Waals surface area contributed by atoms with Crippen molar-refractivity contribution in [1.29, 1.82) is 0 Å². The Morgan fingerprint density at radius 2 is 1.80 bits per heavy atom. The Kier molecular flexibility index (Phi) is 5.73. The monoisotopic (exact) mass is 375 g/mol. The molecule has 0 saturated carbocycles. The summed E-state index contributed by atoms with van der Waals surface area (Å²) in [6.45, 7) is 6.70. The van der Waals surface area contributed by atoms with Gasteiger partial charge in [0.05, 0.1) is 7.11 Å². The van der Waals surface area contributed by atoms with E-state index in [0.717, 1.165) is 0 Å². The molecule has 1 aromatic carbocycles. The van der Waals surface area contributed by atoms with Crippen LogP contribution in [0.4, 0.5) is 0 Å². The van der Waals surface area contributed by atoms with E-state index in [1.165, 1.54) is 19.2 Å². The lowest BCUT2D eigenvalue weighted by molar-refractivity contribution is 0.00698. The molecule has 1 heterocycles. The highest BCUT2D eigenvalue weighted by Gasteiger charge is 2.26. The first-order chi connectivity index (χ1) is 10.9. The van der Waals surface area contributed by atoms with Crippen LogP contribution in [-0.2, 0) is 15.1 Å². The molecular weight excluding hydrogens is 354 g/mol. The van der Waals surface area contributed by atoms with Gasteiger partial charge in [-0.2, -0.15) is 0 Å². The summed E-state index contributed by atoms with van der Waals surface area (Å²) in [5.74, 6) is -0.722. The number of esters is 1. The van der Waals surface area contributed by atoms with Gasteiger partial charge in [-0.1, -0.05) is 0 Å². The normalized spacial score (nSPS) is 11.8. The predicted molar refractivity (Wildman–Crippen MR) is 89.0 cm³/mol. The molecule has 140 valence electrons. The fourth-order valence-corrected chi connectivity index (χ4v) is 2.49. The van der Waals surface area contributed by atoms with Crippen molar-refractivity contribution >= 4 is 27.3 Å². The first-order valence-corrected chi connectivity index (χ1v) is 8.24. The number of aryl methyl sites for hydroxylation is 1. The van der Waals surface area contributed by atoms with Gasteiger partial charge in [0.2, 0.25) is 0 Å². The number of carbonyl (C=O) groups excluding carboxylic acids is 1. The van der Waals surface area contributed by atoms with Gasteiger partial charge in [-0.25, -0.2) is 13.2 Å². The number of hydrogen-bond donors (Lipinski definition) is 1. The molecule has 0 radical (unpaired) electrons. The third-order valence-electron chi connectivity index (χ3n) is 2.95. The van der Waals surface area contributed by atoms with Crippen molar-refractivity contribution in [1.82, 2.24) is 6.15 Å². The van der Waals surface area contributed by atoms with E-state index >= 15 is 0 Å². The zero-order valence-electron chi connectivity index (χ0n) is 14.8. The smallest absolute Gasteiger partial charge is 0.342 e. The zero-order valence-corrected chi connectivity index (χ0v) is 15.6. The summed E-state index contributed by atoms with van der Waals surface area (Å²) < 4.78 is 52.8. The third kappa shape index (κ3) is 4.84. The summed E-state index contributed by atoms with van der Waals surface area (Å²) in [6.07, 6.45) is 0. The molecule has 0 fully saturated rings. The largest absolute Gasteiger partial charge is 0.716 e. The molecule has 0 atom stereocenters. The second kappa shape index (κ2) is 6.90. The maximum atomic E-state index is 12.4. The summed E-state index contributed by atoms with van der Waals surface area (Å²) in [5, 5.41) is 0.251. The zero-order chi connectivity index (χ0) is 18.3. The van der Waals surface area contributed by atoms with Crippen LogP contribution in [0, 0.1) is 6.92 Å². The quantitative estimate of drug-likeness (QED) is 0.486. The molecule has 10 heteroatoms. The van der Waals surface area contributed by atoms with Crippen LogP contribution in [0.15, 0.2) is 16.5 Å².